The van der Waals surface area contributed by atoms with Crippen LogP contribution >= 0.6 is 0 Å². The van der Waals surface area contributed by atoms with Crippen molar-refractivity contribution in [3.8, 4) is 0 Å². The number of ether oxygens (including phenoxy) is 2. The minimum atomic E-state index is -0.888. The predicted molar refractivity (Wildman–Crippen MR) is 120 cm³/mol. The lowest BCUT2D eigenvalue weighted by molar-refractivity contribution is 0.0600. The van der Waals surface area contributed by atoms with E-state index < -0.39 is 17.6 Å². The van der Waals surface area contributed by atoms with Gasteiger partial charge < -0.3 is 19.3 Å². The number of rotatable bonds is 4. The molecule has 0 N–H and O–H groups in total. The Kier molecular flexibility index (Phi) is 5.80. The number of hydrogen-bond acceptors (Lipinski definition) is 7. The van der Waals surface area contributed by atoms with E-state index in [-0.39, 0.29) is 6.04 Å². The molecule has 2 fully saturated rings. The normalized spacial score (nSPS) is 18.7. The summed E-state index contributed by atoms with van der Waals surface area (Å²) in [5.41, 5.74) is 3.06. The summed E-state index contributed by atoms with van der Waals surface area (Å²) in [7, 11) is 1.34. The highest BCUT2D eigenvalue weighted by Crippen LogP contribution is 2.39. The number of morpholine rings is 1. The molecule has 2 aliphatic heterocycles. The van der Waals surface area contributed by atoms with E-state index in [0.29, 0.717) is 42.0 Å². The average Bonchev–Trinajstić information content (AvgIpc) is 3.34. The van der Waals surface area contributed by atoms with Crippen LogP contribution in [0.4, 0.5) is 20.3 Å². The van der Waals surface area contributed by atoms with Gasteiger partial charge in [0, 0.05) is 37.0 Å². The smallest absolute Gasteiger partial charge is 0.337 e. The molecule has 1 atom stereocenters. The molecule has 7 nitrogen and oxygen atoms in total. The number of carbonyl (C=O) groups excluding carboxylic acids is 1. The van der Waals surface area contributed by atoms with Crippen molar-refractivity contribution in [2.24, 2.45) is 0 Å². The Bertz CT molecular complexity index is 1200. The zero-order valence-corrected chi connectivity index (χ0v) is 18.3. The molecule has 0 spiro atoms. The van der Waals surface area contributed by atoms with E-state index in [1.54, 1.807) is 24.4 Å². The Morgan fingerprint density at radius 1 is 1.12 bits per heavy atom. The van der Waals surface area contributed by atoms with E-state index in [4.69, 9.17) is 14.5 Å². The van der Waals surface area contributed by atoms with Gasteiger partial charge in [-0.25, -0.2) is 18.6 Å². The number of hydrogen-bond donors (Lipinski definition) is 0. The summed E-state index contributed by atoms with van der Waals surface area (Å²) in [6, 6.07) is 7.22. The Labute approximate surface area is 189 Å². The summed E-state index contributed by atoms with van der Waals surface area (Å²) < 4.78 is 37.9. The zero-order chi connectivity index (χ0) is 22.9. The first-order chi connectivity index (χ1) is 16.0. The summed E-state index contributed by atoms with van der Waals surface area (Å²) in [6.45, 7) is 3.37. The third kappa shape index (κ3) is 4.08. The lowest BCUT2D eigenvalue weighted by Gasteiger charge is -2.29. The molecule has 1 unspecified atom stereocenters. The second-order valence-corrected chi connectivity index (χ2v) is 8.20. The summed E-state index contributed by atoms with van der Waals surface area (Å²) in [5, 5.41) is 0. The van der Waals surface area contributed by atoms with Gasteiger partial charge in [0.15, 0.2) is 11.6 Å². The van der Waals surface area contributed by atoms with E-state index in [2.05, 4.69) is 9.88 Å². The maximum atomic E-state index is 14.0. The lowest BCUT2D eigenvalue weighted by Crippen LogP contribution is -2.36. The fraction of sp³-hybridized carbons (Fsp3) is 0.375. The molecule has 0 amide bonds. The monoisotopic (exact) mass is 454 g/mol. The number of carbonyl (C=O) groups is 1. The van der Waals surface area contributed by atoms with Gasteiger partial charge in [-0.05, 0) is 37.1 Å². The van der Waals surface area contributed by atoms with Gasteiger partial charge >= 0.3 is 5.97 Å². The second-order valence-electron chi connectivity index (χ2n) is 8.20. The predicted octanol–water partition coefficient (Wildman–Crippen LogP) is 3.87. The molecule has 0 saturated carbocycles. The minimum absolute atomic E-state index is 0.170. The molecule has 172 valence electrons. The molecule has 0 bridgehead atoms. The summed E-state index contributed by atoms with van der Waals surface area (Å²) >= 11 is 0. The van der Waals surface area contributed by atoms with Crippen LogP contribution in [-0.4, -0.2) is 55.9 Å². The highest BCUT2D eigenvalue weighted by molar-refractivity contribution is 5.95. The van der Waals surface area contributed by atoms with Crippen LogP contribution in [0.1, 0.15) is 34.8 Å². The third-order valence-corrected chi connectivity index (χ3v) is 6.27. The maximum absolute atomic E-state index is 14.0. The van der Waals surface area contributed by atoms with Gasteiger partial charge in [0.2, 0.25) is 0 Å². The largest absolute Gasteiger partial charge is 0.465 e. The Morgan fingerprint density at radius 2 is 1.94 bits per heavy atom. The average molecular weight is 454 g/mol. The van der Waals surface area contributed by atoms with Crippen molar-refractivity contribution in [2.75, 3.05) is 49.8 Å². The molecule has 2 aliphatic rings. The number of nitrogens with zero attached hydrogens (tertiary/aromatic N) is 4. The van der Waals surface area contributed by atoms with Crippen molar-refractivity contribution < 1.29 is 23.0 Å². The van der Waals surface area contributed by atoms with E-state index in [0.717, 1.165) is 43.4 Å². The number of fused-ring (bicyclic) bond motifs is 1. The second kappa shape index (κ2) is 8.90. The first kappa shape index (κ1) is 21.5. The van der Waals surface area contributed by atoms with Crippen LogP contribution in [0.5, 0.6) is 0 Å². The van der Waals surface area contributed by atoms with E-state index in [1.165, 1.54) is 13.2 Å². The van der Waals surface area contributed by atoms with E-state index in [1.807, 2.05) is 4.90 Å². The van der Waals surface area contributed by atoms with Crippen molar-refractivity contribution in [1.29, 1.82) is 0 Å². The molecular formula is C24H24F2N4O3. The van der Waals surface area contributed by atoms with Crippen LogP contribution in [0.25, 0.3) is 11.0 Å². The molecule has 33 heavy (non-hydrogen) atoms. The highest BCUT2D eigenvalue weighted by atomic mass is 19.2. The van der Waals surface area contributed by atoms with Gasteiger partial charge in [0.1, 0.15) is 5.82 Å². The molecule has 5 rings (SSSR count). The van der Waals surface area contributed by atoms with Crippen LogP contribution in [0.15, 0.2) is 36.5 Å². The standard InChI is InChI=1S/C24H24F2N4O3/c1-32-24(31)15-11-17(21-3-2-6-30(21)16-4-5-18(25)19(26)13-16)23-20(12-15)27-14-22(28-23)29-7-9-33-10-8-29/h4-5,11-14,21H,2-3,6-10H2,1H3. The molecule has 3 heterocycles. The molecule has 3 aromatic rings. The maximum Gasteiger partial charge on any atom is 0.337 e. The van der Waals surface area contributed by atoms with Gasteiger partial charge in [-0.2, -0.15) is 0 Å². The van der Waals surface area contributed by atoms with Crippen LogP contribution < -0.4 is 9.80 Å². The number of esters is 1. The van der Waals surface area contributed by atoms with Gasteiger partial charge in [-0.1, -0.05) is 0 Å². The summed E-state index contributed by atoms with van der Waals surface area (Å²) in [5.74, 6) is -1.49. The van der Waals surface area contributed by atoms with Crippen molar-refractivity contribution in [2.45, 2.75) is 18.9 Å². The fourth-order valence-corrected chi connectivity index (χ4v) is 4.63. The molecule has 9 heteroatoms. The van der Waals surface area contributed by atoms with Crippen molar-refractivity contribution in [3.05, 3.63) is 59.3 Å². The van der Waals surface area contributed by atoms with Crippen molar-refractivity contribution in [1.82, 2.24) is 9.97 Å². The quantitative estimate of drug-likeness (QED) is 0.555. The zero-order valence-electron chi connectivity index (χ0n) is 18.3. The fourth-order valence-electron chi connectivity index (χ4n) is 4.63. The Balaban J connectivity index is 1.63. The molecule has 2 aromatic carbocycles. The minimum Gasteiger partial charge on any atom is -0.465 e. The van der Waals surface area contributed by atoms with Crippen molar-refractivity contribution in [3.63, 3.8) is 0 Å². The Hall–Kier alpha value is -3.33. The SMILES string of the molecule is COC(=O)c1cc(C2CCCN2c2ccc(F)c(F)c2)c2nc(N3CCOCC3)cnc2c1. The van der Waals surface area contributed by atoms with Crippen LogP contribution in [0.3, 0.4) is 0 Å². The number of halogens is 2. The summed E-state index contributed by atoms with van der Waals surface area (Å²) in [4.78, 5) is 26.1. The Morgan fingerprint density at radius 3 is 2.70 bits per heavy atom. The summed E-state index contributed by atoms with van der Waals surface area (Å²) in [6.07, 6.45) is 3.35. The van der Waals surface area contributed by atoms with Crippen LogP contribution in [0, 0.1) is 11.6 Å². The highest BCUT2D eigenvalue weighted by Gasteiger charge is 2.30. The van der Waals surface area contributed by atoms with Crippen LogP contribution in [-0.2, 0) is 9.47 Å². The van der Waals surface area contributed by atoms with Crippen LogP contribution in [0.2, 0.25) is 0 Å². The van der Waals surface area contributed by atoms with Crippen molar-refractivity contribution >= 4 is 28.5 Å². The molecular weight excluding hydrogens is 430 g/mol. The molecule has 1 aromatic heterocycles. The van der Waals surface area contributed by atoms with Gasteiger partial charge in [0.05, 0.1) is 49.2 Å². The number of methoxy groups -OCH3 is 1. The molecule has 0 aliphatic carbocycles. The van der Waals surface area contributed by atoms with Gasteiger partial charge in [-0.15, -0.1) is 0 Å². The molecule has 2 saturated heterocycles. The number of anilines is 2. The third-order valence-electron chi connectivity index (χ3n) is 6.27. The van der Waals surface area contributed by atoms with Gasteiger partial charge in [-0.3, -0.25) is 4.98 Å². The number of benzene rings is 2. The van der Waals surface area contributed by atoms with E-state index in [9.17, 15) is 13.6 Å². The first-order valence-electron chi connectivity index (χ1n) is 11.0. The topological polar surface area (TPSA) is 67.8 Å². The lowest BCUT2D eigenvalue weighted by atomic mass is 9.99. The van der Waals surface area contributed by atoms with E-state index >= 15 is 0 Å². The first-order valence-corrected chi connectivity index (χ1v) is 11.0. The number of aromatic nitrogens is 2. The van der Waals surface area contributed by atoms with Gasteiger partial charge in [0.25, 0.3) is 0 Å². The molecule has 0 radical (unpaired) electrons.